The maximum Gasteiger partial charge on any atom is 0.387 e. The number of nitrogens with zero attached hydrogens (tertiary/aromatic N) is 1. The zero-order valence-corrected chi connectivity index (χ0v) is 9.33. The number of halogens is 2. The molecular weight excluding hydrogens is 228 g/mol. The Morgan fingerprint density at radius 2 is 2.35 bits per heavy atom. The summed E-state index contributed by atoms with van der Waals surface area (Å²) in [5.74, 6) is 0.757. The van der Waals surface area contributed by atoms with Crippen LogP contribution in [0, 0.1) is 0 Å². The second-order valence-corrected chi connectivity index (χ2v) is 3.95. The molecule has 1 aromatic heterocycles. The summed E-state index contributed by atoms with van der Waals surface area (Å²) in [5.41, 5.74) is 0. The van der Waals surface area contributed by atoms with Crippen molar-refractivity contribution in [3.05, 3.63) is 18.3 Å². The van der Waals surface area contributed by atoms with Crippen LogP contribution in [0.3, 0.4) is 0 Å². The number of hydrogen-bond acceptors (Lipinski definition) is 4. The van der Waals surface area contributed by atoms with Crippen LogP contribution in [0.5, 0.6) is 5.75 Å². The highest BCUT2D eigenvalue weighted by Gasteiger charge is 2.13. The average molecular weight is 243 g/mol. The number of alkyl halides is 2. The molecule has 0 aliphatic carbocycles. The Hall–Kier alpha value is -1.43. The van der Waals surface area contributed by atoms with Crippen molar-refractivity contribution < 1.29 is 13.5 Å². The molecule has 94 valence electrons. The Kier molecular flexibility index (Phi) is 4.08. The molecule has 2 heterocycles. The second-order valence-electron chi connectivity index (χ2n) is 3.95. The van der Waals surface area contributed by atoms with Gasteiger partial charge in [0, 0.05) is 12.6 Å². The quantitative estimate of drug-likeness (QED) is 0.847. The Labute approximate surface area is 98.4 Å². The topological polar surface area (TPSA) is 46.2 Å². The molecule has 1 atom stereocenters. The summed E-state index contributed by atoms with van der Waals surface area (Å²) in [6.07, 6.45) is 3.51. The molecule has 0 radical (unpaired) electrons. The number of pyridine rings is 1. The molecule has 1 fully saturated rings. The molecule has 2 N–H and O–H groups in total. The van der Waals surface area contributed by atoms with Gasteiger partial charge in [0.15, 0.2) is 0 Å². The largest absolute Gasteiger partial charge is 0.433 e. The Morgan fingerprint density at radius 1 is 1.47 bits per heavy atom. The molecule has 6 heteroatoms. The minimum Gasteiger partial charge on any atom is -0.433 e. The molecule has 1 unspecified atom stereocenters. The van der Waals surface area contributed by atoms with Gasteiger partial charge >= 0.3 is 6.61 Å². The third-order valence-corrected chi connectivity index (χ3v) is 2.61. The Morgan fingerprint density at radius 3 is 2.94 bits per heavy atom. The highest BCUT2D eigenvalue weighted by atomic mass is 19.3. The van der Waals surface area contributed by atoms with E-state index in [0.717, 1.165) is 25.9 Å². The summed E-state index contributed by atoms with van der Waals surface area (Å²) in [4.78, 5) is 4.03. The van der Waals surface area contributed by atoms with Crippen LogP contribution >= 0.6 is 0 Å². The van der Waals surface area contributed by atoms with Crippen molar-refractivity contribution in [3.8, 4) is 5.75 Å². The van der Waals surface area contributed by atoms with Crippen molar-refractivity contribution in [1.29, 1.82) is 0 Å². The maximum atomic E-state index is 11.9. The lowest BCUT2D eigenvalue weighted by molar-refractivity contribution is -0.0500. The van der Waals surface area contributed by atoms with E-state index in [9.17, 15) is 8.78 Å². The van der Waals surface area contributed by atoms with Crippen LogP contribution in [0.25, 0.3) is 0 Å². The molecule has 1 aliphatic heterocycles. The van der Waals surface area contributed by atoms with Crippen LogP contribution < -0.4 is 15.4 Å². The first-order valence-electron chi connectivity index (χ1n) is 5.62. The fourth-order valence-electron chi connectivity index (χ4n) is 1.82. The van der Waals surface area contributed by atoms with E-state index in [1.807, 2.05) is 0 Å². The van der Waals surface area contributed by atoms with Crippen LogP contribution in [-0.2, 0) is 0 Å². The predicted molar refractivity (Wildman–Crippen MR) is 60.4 cm³/mol. The molecule has 0 aromatic carbocycles. The van der Waals surface area contributed by atoms with Gasteiger partial charge in [0.2, 0.25) is 0 Å². The first kappa shape index (κ1) is 12.0. The number of hydrogen-bond donors (Lipinski definition) is 2. The monoisotopic (exact) mass is 243 g/mol. The van der Waals surface area contributed by atoms with Gasteiger partial charge in [-0.3, -0.25) is 0 Å². The van der Waals surface area contributed by atoms with E-state index < -0.39 is 6.61 Å². The van der Waals surface area contributed by atoms with Crippen molar-refractivity contribution in [2.24, 2.45) is 0 Å². The molecule has 0 spiro atoms. The molecule has 0 bridgehead atoms. The minimum atomic E-state index is -2.81. The van der Waals surface area contributed by atoms with Crippen LogP contribution in [-0.4, -0.2) is 30.7 Å². The Balaban J connectivity index is 1.88. The third-order valence-electron chi connectivity index (χ3n) is 2.61. The molecule has 4 nitrogen and oxygen atoms in total. The van der Waals surface area contributed by atoms with Gasteiger partial charge in [0.25, 0.3) is 0 Å². The van der Waals surface area contributed by atoms with Crippen molar-refractivity contribution >= 4 is 5.82 Å². The number of anilines is 1. The first-order chi connectivity index (χ1) is 8.24. The summed E-state index contributed by atoms with van der Waals surface area (Å²) in [6.45, 7) is -0.859. The van der Waals surface area contributed by atoms with E-state index in [2.05, 4.69) is 20.4 Å². The zero-order chi connectivity index (χ0) is 12.1. The predicted octanol–water partition coefficient (Wildman–Crippen LogP) is 1.85. The van der Waals surface area contributed by atoms with Crippen LogP contribution in [0.15, 0.2) is 18.3 Å². The van der Waals surface area contributed by atoms with Crippen molar-refractivity contribution in [2.45, 2.75) is 25.5 Å². The van der Waals surface area contributed by atoms with Gasteiger partial charge < -0.3 is 15.4 Å². The van der Waals surface area contributed by atoms with Crippen LogP contribution in [0.1, 0.15) is 12.8 Å². The molecule has 1 aromatic rings. The number of ether oxygens (including phenoxy) is 1. The van der Waals surface area contributed by atoms with Gasteiger partial charge in [-0.15, -0.1) is 0 Å². The van der Waals surface area contributed by atoms with Crippen molar-refractivity contribution in [2.75, 3.05) is 18.4 Å². The third kappa shape index (κ3) is 3.81. The van der Waals surface area contributed by atoms with E-state index >= 15 is 0 Å². The van der Waals surface area contributed by atoms with E-state index in [4.69, 9.17) is 0 Å². The second kappa shape index (κ2) is 5.77. The fraction of sp³-hybridized carbons (Fsp3) is 0.545. The summed E-state index contributed by atoms with van der Waals surface area (Å²) in [5, 5.41) is 6.52. The smallest absolute Gasteiger partial charge is 0.387 e. The lowest BCUT2D eigenvalue weighted by Gasteiger charge is -2.24. The summed E-state index contributed by atoms with van der Waals surface area (Å²) < 4.78 is 28.1. The number of aromatic nitrogens is 1. The minimum absolute atomic E-state index is 0.0762. The first-order valence-corrected chi connectivity index (χ1v) is 5.62. The molecule has 0 amide bonds. The highest BCUT2D eigenvalue weighted by Crippen LogP contribution is 2.16. The molecular formula is C11H15F2N3O. The summed E-state index contributed by atoms with van der Waals surface area (Å²) >= 11 is 0. The van der Waals surface area contributed by atoms with Gasteiger partial charge in [-0.1, -0.05) is 0 Å². The van der Waals surface area contributed by atoms with E-state index in [1.54, 1.807) is 6.07 Å². The van der Waals surface area contributed by atoms with Gasteiger partial charge in [-0.05, 0) is 31.5 Å². The molecule has 1 aliphatic rings. The van der Waals surface area contributed by atoms with Gasteiger partial charge in [-0.25, -0.2) is 4.98 Å². The van der Waals surface area contributed by atoms with Gasteiger partial charge in [0.1, 0.15) is 11.6 Å². The number of piperidine rings is 1. The summed E-state index contributed by atoms with van der Waals surface area (Å²) in [6, 6.07) is 3.47. The maximum absolute atomic E-state index is 11.9. The molecule has 2 rings (SSSR count). The van der Waals surface area contributed by atoms with E-state index in [1.165, 1.54) is 12.3 Å². The van der Waals surface area contributed by atoms with Gasteiger partial charge in [0.05, 0.1) is 6.20 Å². The standard InChI is InChI=1S/C11H15F2N3O/c12-11(13)17-9-3-4-10(15-7-9)16-8-2-1-5-14-6-8/h3-4,7-8,11,14H,1-2,5-6H2,(H,15,16). The number of rotatable bonds is 4. The lowest BCUT2D eigenvalue weighted by Crippen LogP contribution is -2.38. The molecule has 1 saturated heterocycles. The highest BCUT2D eigenvalue weighted by molar-refractivity contribution is 5.38. The van der Waals surface area contributed by atoms with Crippen LogP contribution in [0.2, 0.25) is 0 Å². The van der Waals surface area contributed by atoms with E-state index in [-0.39, 0.29) is 5.75 Å². The fourth-order valence-corrected chi connectivity index (χ4v) is 1.82. The summed E-state index contributed by atoms with van der Waals surface area (Å²) in [7, 11) is 0. The zero-order valence-electron chi connectivity index (χ0n) is 9.33. The lowest BCUT2D eigenvalue weighted by atomic mass is 10.1. The van der Waals surface area contributed by atoms with Crippen molar-refractivity contribution in [3.63, 3.8) is 0 Å². The number of nitrogens with one attached hydrogen (secondary N) is 2. The molecule has 0 saturated carbocycles. The van der Waals surface area contributed by atoms with Crippen molar-refractivity contribution in [1.82, 2.24) is 10.3 Å². The van der Waals surface area contributed by atoms with Gasteiger partial charge in [-0.2, -0.15) is 8.78 Å². The molecule has 17 heavy (non-hydrogen) atoms. The SMILES string of the molecule is FC(F)Oc1ccc(NC2CCCNC2)nc1. The Bertz CT molecular complexity index is 339. The average Bonchev–Trinajstić information content (AvgIpc) is 2.32. The normalized spacial score (nSPS) is 20.3. The van der Waals surface area contributed by atoms with Crippen LogP contribution in [0.4, 0.5) is 14.6 Å². The van der Waals surface area contributed by atoms with E-state index in [0.29, 0.717) is 11.9 Å².